The van der Waals surface area contributed by atoms with Gasteiger partial charge < -0.3 is 19.5 Å². The summed E-state index contributed by atoms with van der Waals surface area (Å²) >= 11 is 0. The third-order valence-corrected chi connectivity index (χ3v) is 4.41. The van der Waals surface area contributed by atoms with Crippen LogP contribution in [-0.4, -0.2) is 27.2 Å². The summed E-state index contributed by atoms with van der Waals surface area (Å²) in [7, 11) is 4.75. The second kappa shape index (κ2) is 8.65. The van der Waals surface area contributed by atoms with Crippen molar-refractivity contribution >= 4 is 5.91 Å². The van der Waals surface area contributed by atoms with Gasteiger partial charge in [0.05, 0.1) is 21.3 Å². The SMILES string of the molecule is COc1cc(CNC(=O)CC2CCCCC2)cc(OC)c1OC. The number of methoxy groups -OCH3 is 3. The lowest BCUT2D eigenvalue weighted by molar-refractivity contribution is -0.122. The van der Waals surface area contributed by atoms with Crippen molar-refractivity contribution in [1.29, 1.82) is 0 Å². The maximum absolute atomic E-state index is 12.1. The molecule has 0 atom stereocenters. The van der Waals surface area contributed by atoms with E-state index >= 15 is 0 Å². The average molecular weight is 321 g/mol. The van der Waals surface area contributed by atoms with Gasteiger partial charge in [-0.05, 0) is 36.5 Å². The van der Waals surface area contributed by atoms with E-state index < -0.39 is 0 Å². The number of hydrogen-bond acceptors (Lipinski definition) is 4. The summed E-state index contributed by atoms with van der Waals surface area (Å²) in [6, 6.07) is 3.73. The van der Waals surface area contributed by atoms with E-state index in [1.165, 1.54) is 32.1 Å². The van der Waals surface area contributed by atoms with Crippen molar-refractivity contribution in [2.75, 3.05) is 21.3 Å². The zero-order chi connectivity index (χ0) is 16.7. The minimum atomic E-state index is 0.116. The predicted molar refractivity (Wildman–Crippen MR) is 89.1 cm³/mol. The molecular weight excluding hydrogens is 294 g/mol. The number of ether oxygens (including phenoxy) is 3. The van der Waals surface area contributed by atoms with Gasteiger partial charge in [-0.1, -0.05) is 19.3 Å². The molecule has 128 valence electrons. The number of nitrogens with one attached hydrogen (secondary N) is 1. The molecule has 5 nitrogen and oxygen atoms in total. The Morgan fingerprint density at radius 3 is 2.17 bits per heavy atom. The highest BCUT2D eigenvalue weighted by atomic mass is 16.5. The highest BCUT2D eigenvalue weighted by Gasteiger charge is 2.17. The lowest BCUT2D eigenvalue weighted by Gasteiger charge is -2.21. The van der Waals surface area contributed by atoms with E-state index in [-0.39, 0.29) is 5.91 Å². The van der Waals surface area contributed by atoms with Crippen molar-refractivity contribution in [3.63, 3.8) is 0 Å². The zero-order valence-corrected chi connectivity index (χ0v) is 14.3. The number of hydrogen-bond donors (Lipinski definition) is 1. The standard InChI is InChI=1S/C18H27NO4/c1-21-15-9-14(10-16(22-2)18(15)23-3)12-19-17(20)11-13-7-5-4-6-8-13/h9-10,13H,4-8,11-12H2,1-3H3,(H,19,20). The van der Waals surface area contributed by atoms with E-state index in [2.05, 4.69) is 5.32 Å². The van der Waals surface area contributed by atoms with E-state index in [1.54, 1.807) is 21.3 Å². The Balaban J connectivity index is 1.95. The minimum Gasteiger partial charge on any atom is -0.493 e. The van der Waals surface area contributed by atoms with E-state index in [1.807, 2.05) is 12.1 Å². The van der Waals surface area contributed by atoms with Crippen LogP contribution in [0.5, 0.6) is 17.2 Å². The summed E-state index contributed by atoms with van der Waals surface area (Å²) < 4.78 is 16.0. The number of amides is 1. The van der Waals surface area contributed by atoms with E-state index in [9.17, 15) is 4.79 Å². The number of carbonyl (C=O) groups excluding carboxylic acids is 1. The highest BCUT2D eigenvalue weighted by Crippen LogP contribution is 2.38. The molecule has 1 aromatic carbocycles. The Kier molecular flexibility index (Phi) is 6.56. The van der Waals surface area contributed by atoms with Crippen LogP contribution in [-0.2, 0) is 11.3 Å². The van der Waals surface area contributed by atoms with Crippen molar-refractivity contribution in [3.8, 4) is 17.2 Å². The monoisotopic (exact) mass is 321 g/mol. The van der Waals surface area contributed by atoms with Crippen molar-refractivity contribution < 1.29 is 19.0 Å². The summed E-state index contributed by atoms with van der Waals surface area (Å²) in [6.07, 6.45) is 6.80. The van der Waals surface area contributed by atoms with Crippen LogP contribution in [0.2, 0.25) is 0 Å². The molecule has 1 N–H and O–H groups in total. The van der Waals surface area contributed by atoms with Gasteiger partial charge in [0.1, 0.15) is 0 Å². The zero-order valence-electron chi connectivity index (χ0n) is 14.3. The summed E-state index contributed by atoms with van der Waals surface area (Å²) in [5.41, 5.74) is 0.927. The van der Waals surface area contributed by atoms with E-state index in [0.29, 0.717) is 36.1 Å². The first-order valence-electron chi connectivity index (χ1n) is 8.23. The van der Waals surface area contributed by atoms with Crippen LogP contribution in [0.3, 0.4) is 0 Å². The maximum Gasteiger partial charge on any atom is 0.220 e. The molecule has 23 heavy (non-hydrogen) atoms. The van der Waals surface area contributed by atoms with Crippen LogP contribution < -0.4 is 19.5 Å². The van der Waals surface area contributed by atoms with Gasteiger partial charge in [0.25, 0.3) is 0 Å². The van der Waals surface area contributed by atoms with Crippen molar-refractivity contribution in [1.82, 2.24) is 5.32 Å². The molecule has 1 aliphatic rings. The Bertz CT molecular complexity index is 499. The van der Waals surface area contributed by atoms with Gasteiger partial charge in [-0.25, -0.2) is 0 Å². The molecule has 0 radical (unpaired) electrons. The second-order valence-electron chi connectivity index (χ2n) is 6.02. The summed E-state index contributed by atoms with van der Waals surface area (Å²) in [4.78, 5) is 12.1. The first-order valence-corrected chi connectivity index (χ1v) is 8.23. The Morgan fingerprint density at radius 1 is 1.04 bits per heavy atom. The Labute approximate surface area is 138 Å². The molecule has 0 aromatic heterocycles. The normalized spacial score (nSPS) is 15.1. The average Bonchev–Trinajstić information content (AvgIpc) is 2.59. The smallest absolute Gasteiger partial charge is 0.220 e. The lowest BCUT2D eigenvalue weighted by atomic mass is 9.87. The van der Waals surface area contributed by atoms with Gasteiger partial charge in [0.15, 0.2) is 11.5 Å². The van der Waals surface area contributed by atoms with Crippen LogP contribution in [0.1, 0.15) is 44.1 Å². The van der Waals surface area contributed by atoms with Crippen molar-refractivity contribution in [2.24, 2.45) is 5.92 Å². The molecule has 1 saturated carbocycles. The summed E-state index contributed by atoms with van der Waals surface area (Å²) in [5, 5.41) is 3.00. The molecule has 1 amide bonds. The lowest BCUT2D eigenvalue weighted by Crippen LogP contribution is -2.25. The van der Waals surface area contributed by atoms with Gasteiger partial charge in [-0.15, -0.1) is 0 Å². The molecule has 0 spiro atoms. The fraction of sp³-hybridized carbons (Fsp3) is 0.611. The van der Waals surface area contributed by atoms with Crippen LogP contribution in [0, 0.1) is 5.92 Å². The minimum absolute atomic E-state index is 0.116. The largest absolute Gasteiger partial charge is 0.493 e. The molecule has 0 unspecified atom stereocenters. The molecular formula is C18H27NO4. The molecule has 0 saturated heterocycles. The van der Waals surface area contributed by atoms with Gasteiger partial charge in [-0.3, -0.25) is 4.79 Å². The maximum atomic E-state index is 12.1. The van der Waals surface area contributed by atoms with Crippen LogP contribution in [0.25, 0.3) is 0 Å². The highest BCUT2D eigenvalue weighted by molar-refractivity contribution is 5.76. The fourth-order valence-electron chi connectivity index (χ4n) is 3.16. The first-order chi connectivity index (χ1) is 11.2. The van der Waals surface area contributed by atoms with Crippen LogP contribution >= 0.6 is 0 Å². The molecule has 5 heteroatoms. The summed E-state index contributed by atoms with van der Waals surface area (Å²) in [5.74, 6) is 2.42. The molecule has 0 bridgehead atoms. The van der Waals surface area contributed by atoms with Gasteiger partial charge in [0, 0.05) is 13.0 Å². The summed E-state index contributed by atoms with van der Waals surface area (Å²) in [6.45, 7) is 0.461. The fourth-order valence-corrected chi connectivity index (χ4v) is 3.16. The van der Waals surface area contributed by atoms with Crippen LogP contribution in [0.15, 0.2) is 12.1 Å². The molecule has 2 rings (SSSR count). The molecule has 1 aromatic rings. The van der Waals surface area contributed by atoms with Crippen LogP contribution in [0.4, 0.5) is 0 Å². The Morgan fingerprint density at radius 2 is 1.65 bits per heavy atom. The van der Waals surface area contributed by atoms with Gasteiger partial charge in [-0.2, -0.15) is 0 Å². The topological polar surface area (TPSA) is 56.8 Å². The third-order valence-electron chi connectivity index (χ3n) is 4.41. The second-order valence-corrected chi connectivity index (χ2v) is 6.02. The van der Waals surface area contributed by atoms with E-state index in [4.69, 9.17) is 14.2 Å². The number of rotatable bonds is 7. The Hall–Kier alpha value is -1.91. The molecule has 0 aliphatic heterocycles. The molecule has 1 fully saturated rings. The van der Waals surface area contributed by atoms with Crippen molar-refractivity contribution in [3.05, 3.63) is 17.7 Å². The molecule has 1 aliphatic carbocycles. The molecule has 0 heterocycles. The third kappa shape index (κ3) is 4.78. The number of benzene rings is 1. The van der Waals surface area contributed by atoms with Gasteiger partial charge in [0.2, 0.25) is 11.7 Å². The predicted octanol–water partition coefficient (Wildman–Crippen LogP) is 3.30. The first kappa shape index (κ1) is 17.4. The number of carbonyl (C=O) groups is 1. The van der Waals surface area contributed by atoms with Gasteiger partial charge >= 0.3 is 0 Å². The quantitative estimate of drug-likeness (QED) is 0.837. The van der Waals surface area contributed by atoms with E-state index in [0.717, 1.165) is 5.56 Å². The van der Waals surface area contributed by atoms with Crippen molar-refractivity contribution in [2.45, 2.75) is 45.1 Å².